The predicted octanol–water partition coefficient (Wildman–Crippen LogP) is -0.162. The molecule has 2 heterocycles. The van der Waals surface area contributed by atoms with Crippen molar-refractivity contribution in [2.45, 2.75) is 36.8 Å². The van der Waals surface area contributed by atoms with Crippen molar-refractivity contribution in [2.24, 2.45) is 0 Å². The van der Waals surface area contributed by atoms with E-state index in [1.807, 2.05) is 13.8 Å². The lowest BCUT2D eigenvalue weighted by Gasteiger charge is -2.28. The van der Waals surface area contributed by atoms with Crippen LogP contribution in [0.3, 0.4) is 0 Å². The number of hydrogen-bond donors (Lipinski definition) is 3. The quantitative estimate of drug-likeness (QED) is 0.699. The van der Waals surface area contributed by atoms with Crippen molar-refractivity contribution in [3.63, 3.8) is 0 Å². The van der Waals surface area contributed by atoms with E-state index in [-0.39, 0.29) is 16.8 Å². The van der Waals surface area contributed by atoms with Crippen molar-refractivity contribution in [3.05, 3.63) is 6.20 Å². The first-order valence-corrected chi connectivity index (χ1v) is 6.78. The van der Waals surface area contributed by atoms with Crippen molar-refractivity contribution < 1.29 is 13.2 Å². The molecule has 0 spiro atoms. The van der Waals surface area contributed by atoms with Crippen molar-refractivity contribution in [1.29, 1.82) is 0 Å². The highest BCUT2D eigenvalue weighted by Gasteiger charge is 2.41. The van der Waals surface area contributed by atoms with Gasteiger partial charge in [0, 0.05) is 6.61 Å². The number of nitrogens with one attached hydrogen (secondary N) is 2. The maximum atomic E-state index is 12.1. The molecule has 7 nitrogen and oxygen atoms in total. The van der Waals surface area contributed by atoms with Crippen LogP contribution in [0.2, 0.25) is 0 Å². The van der Waals surface area contributed by atoms with Crippen molar-refractivity contribution >= 4 is 15.8 Å². The number of nitrogen functional groups attached to an aromatic ring is 1. The smallest absolute Gasteiger partial charge is 0.246 e. The van der Waals surface area contributed by atoms with Gasteiger partial charge in [-0.25, -0.2) is 13.1 Å². The number of nitrogens with zero attached hydrogens (tertiary/aromatic N) is 1. The molecule has 2 unspecified atom stereocenters. The lowest BCUT2D eigenvalue weighted by Crippen LogP contribution is -2.50. The summed E-state index contributed by atoms with van der Waals surface area (Å²) in [6.07, 6.45) is 1.65. The van der Waals surface area contributed by atoms with Gasteiger partial charge in [0.25, 0.3) is 0 Å². The monoisotopic (exact) mass is 260 g/mol. The highest BCUT2D eigenvalue weighted by molar-refractivity contribution is 7.89. The molecule has 0 saturated carbocycles. The highest BCUT2D eigenvalue weighted by Crippen LogP contribution is 2.28. The van der Waals surface area contributed by atoms with Crippen LogP contribution < -0.4 is 10.5 Å². The van der Waals surface area contributed by atoms with Gasteiger partial charge < -0.3 is 10.5 Å². The van der Waals surface area contributed by atoms with Crippen LogP contribution >= 0.6 is 0 Å². The molecule has 8 heteroatoms. The van der Waals surface area contributed by atoms with Gasteiger partial charge in [0.15, 0.2) is 0 Å². The number of H-pyrrole nitrogens is 1. The van der Waals surface area contributed by atoms with E-state index in [9.17, 15) is 8.42 Å². The molecule has 0 aliphatic carbocycles. The topological polar surface area (TPSA) is 110 Å². The Labute approximate surface area is 99.8 Å². The molecule has 2 rings (SSSR count). The molecule has 1 fully saturated rings. The highest BCUT2D eigenvalue weighted by atomic mass is 32.2. The summed E-state index contributed by atoms with van der Waals surface area (Å²) < 4.78 is 32.2. The van der Waals surface area contributed by atoms with E-state index in [1.165, 1.54) is 6.20 Å². The molecule has 1 aliphatic heterocycles. The van der Waals surface area contributed by atoms with Crippen LogP contribution in [-0.4, -0.2) is 36.9 Å². The summed E-state index contributed by atoms with van der Waals surface area (Å²) >= 11 is 0. The van der Waals surface area contributed by atoms with Gasteiger partial charge in [-0.15, -0.1) is 0 Å². The number of ether oxygens (including phenoxy) is 1. The van der Waals surface area contributed by atoms with Gasteiger partial charge >= 0.3 is 0 Å². The number of hydrogen-bond acceptors (Lipinski definition) is 5. The molecule has 4 N–H and O–H groups in total. The lowest BCUT2D eigenvalue weighted by molar-refractivity contribution is 0.0957. The van der Waals surface area contributed by atoms with E-state index in [0.29, 0.717) is 13.0 Å². The van der Waals surface area contributed by atoms with E-state index >= 15 is 0 Å². The van der Waals surface area contributed by atoms with Gasteiger partial charge in [-0.2, -0.15) is 5.10 Å². The first-order chi connectivity index (χ1) is 7.85. The maximum absolute atomic E-state index is 12.1. The Morgan fingerprint density at radius 2 is 2.41 bits per heavy atom. The molecule has 1 aromatic rings. The lowest BCUT2D eigenvalue weighted by atomic mass is 9.97. The van der Waals surface area contributed by atoms with Crippen molar-refractivity contribution in [1.82, 2.24) is 14.9 Å². The van der Waals surface area contributed by atoms with E-state index in [2.05, 4.69) is 14.9 Å². The number of aromatic nitrogens is 2. The molecule has 1 aromatic heterocycles. The van der Waals surface area contributed by atoms with Crippen LogP contribution in [0.1, 0.15) is 20.3 Å². The summed E-state index contributed by atoms with van der Waals surface area (Å²) in [7, 11) is -3.67. The summed E-state index contributed by atoms with van der Waals surface area (Å²) in [6.45, 7) is 4.20. The molecule has 0 radical (unpaired) electrons. The first kappa shape index (κ1) is 12.3. The predicted molar refractivity (Wildman–Crippen MR) is 61.8 cm³/mol. The number of sulfonamides is 1. The van der Waals surface area contributed by atoms with E-state index in [4.69, 9.17) is 10.5 Å². The van der Waals surface area contributed by atoms with Crippen molar-refractivity contribution in [2.75, 3.05) is 12.3 Å². The van der Waals surface area contributed by atoms with Crippen LogP contribution in [0.4, 0.5) is 5.82 Å². The summed E-state index contributed by atoms with van der Waals surface area (Å²) in [5.41, 5.74) is 4.90. The van der Waals surface area contributed by atoms with E-state index < -0.39 is 15.6 Å². The molecule has 0 aromatic carbocycles. The second-order valence-electron chi connectivity index (χ2n) is 4.43. The molecule has 1 saturated heterocycles. The van der Waals surface area contributed by atoms with Gasteiger partial charge in [-0.05, 0) is 20.3 Å². The third-order valence-electron chi connectivity index (χ3n) is 3.18. The SMILES string of the molecule is CC1OCCC1(C)NS(=O)(=O)c1cn[nH]c1N. The Hall–Kier alpha value is -1.12. The zero-order chi connectivity index (χ0) is 12.7. The van der Waals surface area contributed by atoms with Crippen LogP contribution in [-0.2, 0) is 14.8 Å². The zero-order valence-electron chi connectivity index (χ0n) is 9.73. The second kappa shape index (κ2) is 3.97. The Morgan fingerprint density at radius 1 is 1.71 bits per heavy atom. The van der Waals surface area contributed by atoms with Gasteiger partial charge in [0.05, 0.1) is 17.8 Å². The molecule has 96 valence electrons. The number of nitrogens with two attached hydrogens (primary N) is 1. The Bertz CT molecular complexity index is 512. The van der Waals surface area contributed by atoms with Crippen LogP contribution in [0.5, 0.6) is 0 Å². The minimum atomic E-state index is -3.67. The minimum Gasteiger partial charge on any atom is -0.383 e. The number of rotatable bonds is 3. The largest absolute Gasteiger partial charge is 0.383 e. The third-order valence-corrected chi connectivity index (χ3v) is 4.82. The van der Waals surface area contributed by atoms with E-state index in [1.54, 1.807) is 0 Å². The molecule has 0 amide bonds. The molecule has 1 aliphatic rings. The van der Waals surface area contributed by atoms with Gasteiger partial charge in [-0.3, -0.25) is 5.10 Å². The molecule has 17 heavy (non-hydrogen) atoms. The Balaban J connectivity index is 2.27. The van der Waals surface area contributed by atoms with Gasteiger partial charge in [-0.1, -0.05) is 0 Å². The Morgan fingerprint density at radius 3 is 2.88 bits per heavy atom. The summed E-state index contributed by atoms with van der Waals surface area (Å²) in [5, 5.41) is 6.00. The fraction of sp³-hybridized carbons (Fsp3) is 0.667. The Kier molecular flexibility index (Phi) is 2.88. The van der Waals surface area contributed by atoms with Crippen LogP contribution in [0, 0.1) is 0 Å². The summed E-state index contributed by atoms with van der Waals surface area (Å²) in [6, 6.07) is 0. The standard InChI is InChI=1S/C9H16N4O3S/c1-6-9(2,3-4-16-6)13-17(14,15)7-5-11-12-8(7)10/h5-6,13H,3-4H2,1-2H3,(H3,10,11,12). The molecular weight excluding hydrogens is 244 g/mol. The summed E-state index contributed by atoms with van der Waals surface area (Å²) in [5.74, 6) is 0.0349. The normalized spacial score (nSPS) is 29.6. The van der Waals surface area contributed by atoms with Crippen LogP contribution in [0.15, 0.2) is 11.1 Å². The fourth-order valence-electron chi connectivity index (χ4n) is 1.83. The number of anilines is 1. The first-order valence-electron chi connectivity index (χ1n) is 5.29. The maximum Gasteiger partial charge on any atom is 0.246 e. The van der Waals surface area contributed by atoms with Gasteiger partial charge in [0.2, 0.25) is 10.0 Å². The summed E-state index contributed by atoms with van der Waals surface area (Å²) in [4.78, 5) is -0.0298. The second-order valence-corrected chi connectivity index (χ2v) is 6.08. The number of aromatic amines is 1. The average Bonchev–Trinajstić information content (AvgIpc) is 2.75. The van der Waals surface area contributed by atoms with E-state index in [0.717, 1.165) is 0 Å². The minimum absolute atomic E-state index is 0.0298. The van der Waals surface area contributed by atoms with Crippen LogP contribution in [0.25, 0.3) is 0 Å². The molecule has 0 bridgehead atoms. The molecule has 2 atom stereocenters. The average molecular weight is 260 g/mol. The van der Waals surface area contributed by atoms with Crippen molar-refractivity contribution in [3.8, 4) is 0 Å². The zero-order valence-corrected chi connectivity index (χ0v) is 10.5. The third kappa shape index (κ3) is 2.15. The fourth-order valence-corrected chi connectivity index (χ4v) is 3.35. The van der Waals surface area contributed by atoms with Gasteiger partial charge in [0.1, 0.15) is 10.7 Å². The molecular formula is C9H16N4O3S.